The molecule has 4 aromatic rings. The summed E-state index contributed by atoms with van der Waals surface area (Å²) >= 11 is 1.67. The van der Waals surface area contributed by atoms with Gasteiger partial charge >= 0.3 is 0 Å². The molecule has 1 N–H and O–H groups in total. The maximum absolute atomic E-state index is 12.7. The summed E-state index contributed by atoms with van der Waals surface area (Å²) in [6.45, 7) is 0. The molecule has 0 aliphatic carbocycles. The zero-order valence-corrected chi connectivity index (χ0v) is 16.4. The van der Waals surface area contributed by atoms with Gasteiger partial charge in [0.1, 0.15) is 0 Å². The summed E-state index contributed by atoms with van der Waals surface area (Å²) in [7, 11) is 0. The maximum atomic E-state index is 12.7. The molecule has 1 amide bonds. The number of aryl methyl sites for hydroxylation is 1. The molecule has 0 saturated heterocycles. The molecule has 4 rings (SSSR count). The molecule has 1 atom stereocenters. The highest BCUT2D eigenvalue weighted by molar-refractivity contribution is 7.18. The number of carbonyl (C=O) groups is 1. The number of amides is 1. The summed E-state index contributed by atoms with van der Waals surface area (Å²) in [4.78, 5) is 17.3. The van der Waals surface area contributed by atoms with Crippen molar-refractivity contribution in [3.05, 3.63) is 101 Å². The number of benzene rings is 3. The van der Waals surface area contributed by atoms with Gasteiger partial charge in [-0.05, 0) is 29.7 Å². The number of hydrogen-bond donors (Lipinski definition) is 1. The standard InChI is InChI=1S/C24H22N2OS/c27-23(15-16-24-26-20-13-7-8-14-22(20)28-24)25-21(19-11-5-2-6-12-19)17-18-9-3-1-4-10-18/h1-14,21H,15-17H2,(H,25,27). The van der Waals surface area contributed by atoms with E-state index in [1.807, 2.05) is 54.6 Å². The first kappa shape index (κ1) is 18.4. The fourth-order valence-corrected chi connectivity index (χ4v) is 4.27. The van der Waals surface area contributed by atoms with Crippen LogP contribution in [-0.4, -0.2) is 10.9 Å². The average Bonchev–Trinajstić information content (AvgIpc) is 3.16. The van der Waals surface area contributed by atoms with Crippen molar-refractivity contribution in [1.29, 1.82) is 0 Å². The highest BCUT2D eigenvalue weighted by atomic mass is 32.1. The molecule has 0 aliphatic rings. The SMILES string of the molecule is O=C(CCc1nc2ccccc2s1)NC(Cc1ccccc1)c1ccccc1. The van der Waals surface area contributed by atoms with Crippen LogP contribution < -0.4 is 5.32 Å². The van der Waals surface area contributed by atoms with Gasteiger partial charge in [0.15, 0.2) is 0 Å². The highest BCUT2D eigenvalue weighted by Crippen LogP contribution is 2.23. The van der Waals surface area contributed by atoms with Crippen LogP contribution in [0.1, 0.15) is 28.6 Å². The van der Waals surface area contributed by atoms with Gasteiger partial charge in [0.25, 0.3) is 0 Å². The fraction of sp³-hybridized carbons (Fsp3) is 0.167. The van der Waals surface area contributed by atoms with E-state index in [9.17, 15) is 4.79 Å². The topological polar surface area (TPSA) is 42.0 Å². The van der Waals surface area contributed by atoms with Gasteiger partial charge in [-0.25, -0.2) is 4.98 Å². The number of nitrogens with one attached hydrogen (secondary N) is 1. The van der Waals surface area contributed by atoms with E-state index in [1.54, 1.807) is 11.3 Å². The van der Waals surface area contributed by atoms with E-state index in [4.69, 9.17) is 0 Å². The van der Waals surface area contributed by atoms with Crippen molar-refractivity contribution >= 4 is 27.5 Å². The summed E-state index contributed by atoms with van der Waals surface area (Å²) in [5.74, 6) is 0.0593. The smallest absolute Gasteiger partial charge is 0.220 e. The third kappa shape index (κ3) is 4.65. The molecule has 3 nitrogen and oxygen atoms in total. The minimum atomic E-state index is -0.0357. The van der Waals surface area contributed by atoms with Crippen LogP contribution in [0.3, 0.4) is 0 Å². The third-order valence-corrected chi connectivity index (χ3v) is 5.82. The van der Waals surface area contributed by atoms with Crippen LogP contribution in [0.2, 0.25) is 0 Å². The molecule has 0 fully saturated rings. The number of hydrogen-bond acceptors (Lipinski definition) is 3. The molecule has 0 aliphatic heterocycles. The lowest BCUT2D eigenvalue weighted by atomic mass is 9.98. The zero-order chi connectivity index (χ0) is 19.2. The number of carbonyl (C=O) groups excluding carboxylic acids is 1. The van der Waals surface area contributed by atoms with Gasteiger partial charge < -0.3 is 5.32 Å². The Labute approximate surface area is 169 Å². The van der Waals surface area contributed by atoms with E-state index < -0.39 is 0 Å². The van der Waals surface area contributed by atoms with Gasteiger partial charge in [0.05, 0.1) is 21.3 Å². The Bertz CT molecular complexity index is 1010. The predicted molar refractivity (Wildman–Crippen MR) is 115 cm³/mol. The molecular weight excluding hydrogens is 364 g/mol. The Morgan fingerprint density at radius 1 is 0.893 bits per heavy atom. The van der Waals surface area contributed by atoms with Crippen molar-refractivity contribution in [2.24, 2.45) is 0 Å². The second-order valence-corrected chi connectivity index (χ2v) is 7.91. The van der Waals surface area contributed by atoms with Crippen molar-refractivity contribution < 1.29 is 4.79 Å². The summed E-state index contributed by atoms with van der Waals surface area (Å²) in [6, 6.07) is 28.5. The Kier molecular flexibility index (Phi) is 5.78. The van der Waals surface area contributed by atoms with Crippen molar-refractivity contribution in [3.63, 3.8) is 0 Å². The van der Waals surface area contributed by atoms with Crippen molar-refractivity contribution in [2.45, 2.75) is 25.3 Å². The summed E-state index contributed by atoms with van der Waals surface area (Å²) in [5, 5.41) is 4.23. The number of rotatable bonds is 7. The number of para-hydroxylation sites is 1. The lowest BCUT2D eigenvalue weighted by Gasteiger charge is -2.19. The molecule has 1 heterocycles. The van der Waals surface area contributed by atoms with Gasteiger partial charge in [-0.15, -0.1) is 11.3 Å². The minimum absolute atomic E-state index is 0.0357. The lowest BCUT2D eigenvalue weighted by Crippen LogP contribution is -2.30. The van der Waals surface area contributed by atoms with E-state index >= 15 is 0 Å². The van der Waals surface area contributed by atoms with E-state index in [-0.39, 0.29) is 11.9 Å². The molecule has 0 radical (unpaired) electrons. The molecule has 140 valence electrons. The Morgan fingerprint density at radius 2 is 1.57 bits per heavy atom. The maximum Gasteiger partial charge on any atom is 0.220 e. The molecular formula is C24H22N2OS. The van der Waals surface area contributed by atoms with Crippen molar-refractivity contribution in [1.82, 2.24) is 10.3 Å². The number of aromatic nitrogens is 1. The van der Waals surface area contributed by atoms with Crippen molar-refractivity contribution in [2.75, 3.05) is 0 Å². The molecule has 28 heavy (non-hydrogen) atoms. The van der Waals surface area contributed by atoms with Crippen LogP contribution >= 0.6 is 11.3 Å². The first-order valence-corrected chi connectivity index (χ1v) is 10.3. The van der Waals surface area contributed by atoms with Crippen LogP contribution in [-0.2, 0) is 17.6 Å². The minimum Gasteiger partial charge on any atom is -0.349 e. The first-order chi connectivity index (χ1) is 13.8. The van der Waals surface area contributed by atoms with Crippen molar-refractivity contribution in [3.8, 4) is 0 Å². The van der Waals surface area contributed by atoms with Gasteiger partial charge in [-0.3, -0.25) is 4.79 Å². The molecule has 0 spiro atoms. The summed E-state index contributed by atoms with van der Waals surface area (Å²) in [6.07, 6.45) is 1.88. The first-order valence-electron chi connectivity index (χ1n) is 9.50. The van der Waals surface area contributed by atoms with Gasteiger partial charge in [-0.2, -0.15) is 0 Å². The quantitative estimate of drug-likeness (QED) is 0.466. The largest absolute Gasteiger partial charge is 0.349 e. The van der Waals surface area contributed by atoms with E-state index in [0.717, 1.165) is 22.5 Å². The fourth-order valence-electron chi connectivity index (χ4n) is 3.30. The van der Waals surface area contributed by atoms with Crippen LogP contribution in [0, 0.1) is 0 Å². The highest BCUT2D eigenvalue weighted by Gasteiger charge is 2.16. The second kappa shape index (κ2) is 8.81. The van der Waals surface area contributed by atoms with E-state index in [1.165, 1.54) is 10.3 Å². The normalized spacial score (nSPS) is 12.0. The van der Waals surface area contributed by atoms with E-state index in [0.29, 0.717) is 12.8 Å². The number of thiazole rings is 1. The molecule has 4 heteroatoms. The van der Waals surface area contributed by atoms with E-state index in [2.05, 4.69) is 40.6 Å². The van der Waals surface area contributed by atoms with Gasteiger partial charge in [-0.1, -0.05) is 72.8 Å². The zero-order valence-electron chi connectivity index (χ0n) is 15.5. The van der Waals surface area contributed by atoms with Gasteiger partial charge in [0, 0.05) is 12.8 Å². The van der Waals surface area contributed by atoms with Crippen LogP contribution in [0.25, 0.3) is 10.2 Å². The van der Waals surface area contributed by atoms with Crippen LogP contribution in [0.4, 0.5) is 0 Å². The molecule has 1 aromatic heterocycles. The Balaban J connectivity index is 1.42. The van der Waals surface area contributed by atoms with Crippen LogP contribution in [0.5, 0.6) is 0 Å². The Hall–Kier alpha value is -2.98. The molecule has 3 aromatic carbocycles. The molecule has 0 saturated carbocycles. The third-order valence-electron chi connectivity index (χ3n) is 4.72. The Morgan fingerprint density at radius 3 is 2.32 bits per heavy atom. The summed E-state index contributed by atoms with van der Waals surface area (Å²) < 4.78 is 1.17. The number of nitrogens with zero attached hydrogens (tertiary/aromatic N) is 1. The second-order valence-electron chi connectivity index (χ2n) is 6.80. The number of fused-ring (bicyclic) bond motifs is 1. The van der Waals surface area contributed by atoms with Gasteiger partial charge in [0.2, 0.25) is 5.91 Å². The predicted octanol–water partition coefficient (Wildman–Crippen LogP) is 5.33. The molecule has 1 unspecified atom stereocenters. The average molecular weight is 387 g/mol. The lowest BCUT2D eigenvalue weighted by molar-refractivity contribution is -0.121. The molecule has 0 bridgehead atoms. The van der Waals surface area contributed by atoms with Crippen LogP contribution in [0.15, 0.2) is 84.9 Å². The summed E-state index contributed by atoms with van der Waals surface area (Å²) in [5.41, 5.74) is 3.34. The monoisotopic (exact) mass is 386 g/mol.